The zero-order valence-corrected chi connectivity index (χ0v) is 18.5. The number of halogens is 2. The highest BCUT2D eigenvalue weighted by Crippen LogP contribution is 2.39. The van der Waals surface area contributed by atoms with E-state index in [1.54, 1.807) is 6.92 Å². The van der Waals surface area contributed by atoms with Crippen LogP contribution in [0.15, 0.2) is 23.1 Å². The molecule has 0 unspecified atom stereocenters. The lowest BCUT2D eigenvalue weighted by atomic mass is 9.90. The number of carbonyl (C=O) groups excluding carboxylic acids is 2. The largest absolute Gasteiger partial charge is 0.503 e. The summed E-state index contributed by atoms with van der Waals surface area (Å²) in [7, 11) is 0. The van der Waals surface area contributed by atoms with Crippen molar-refractivity contribution in [3.05, 3.63) is 62.6 Å². The van der Waals surface area contributed by atoms with Gasteiger partial charge in [-0.25, -0.2) is 8.78 Å². The number of rotatable bonds is 3. The molecule has 176 valence electrons. The summed E-state index contributed by atoms with van der Waals surface area (Å²) in [5.41, 5.74) is -3.15. The number of aryl methyl sites for hydroxylation is 1. The lowest BCUT2D eigenvalue weighted by Gasteiger charge is -2.41. The summed E-state index contributed by atoms with van der Waals surface area (Å²) < 4.78 is 29.5. The molecule has 10 heteroatoms. The number of hydrogen-bond donors (Lipinski definition) is 3. The van der Waals surface area contributed by atoms with E-state index in [1.807, 2.05) is 6.92 Å². The molecule has 33 heavy (non-hydrogen) atoms. The van der Waals surface area contributed by atoms with Gasteiger partial charge in [0.25, 0.3) is 11.8 Å². The van der Waals surface area contributed by atoms with Gasteiger partial charge in [0.1, 0.15) is 17.2 Å². The van der Waals surface area contributed by atoms with Crippen molar-refractivity contribution in [3.63, 3.8) is 0 Å². The molecule has 8 nitrogen and oxygen atoms in total. The monoisotopic (exact) mass is 461 g/mol. The molecular formula is C23H25F2N3O5. The van der Waals surface area contributed by atoms with Crippen LogP contribution in [-0.4, -0.2) is 49.7 Å². The molecule has 0 spiro atoms. The van der Waals surface area contributed by atoms with E-state index in [4.69, 9.17) is 0 Å². The van der Waals surface area contributed by atoms with E-state index < -0.39 is 58.4 Å². The zero-order chi connectivity index (χ0) is 24.2. The molecule has 2 aliphatic rings. The van der Waals surface area contributed by atoms with Gasteiger partial charge in [-0.05, 0) is 51.3 Å². The smallest absolute Gasteiger partial charge is 0.274 e. The third-order valence-electron chi connectivity index (χ3n) is 6.65. The Bertz CT molecular complexity index is 1200. The Morgan fingerprint density at radius 3 is 2.55 bits per heavy atom. The van der Waals surface area contributed by atoms with E-state index >= 15 is 0 Å². The molecule has 3 N–H and O–H groups in total. The van der Waals surface area contributed by atoms with E-state index in [0.29, 0.717) is 18.4 Å². The number of benzene rings is 1. The van der Waals surface area contributed by atoms with Crippen LogP contribution in [0.5, 0.6) is 5.75 Å². The topological polar surface area (TPSA) is 112 Å². The van der Waals surface area contributed by atoms with Gasteiger partial charge >= 0.3 is 0 Å². The van der Waals surface area contributed by atoms with Crippen LogP contribution in [-0.2, 0) is 6.54 Å². The molecule has 0 saturated carbocycles. The van der Waals surface area contributed by atoms with E-state index in [0.717, 1.165) is 18.3 Å². The van der Waals surface area contributed by atoms with Gasteiger partial charge in [-0.1, -0.05) is 0 Å². The maximum Gasteiger partial charge on any atom is 0.274 e. The van der Waals surface area contributed by atoms with E-state index in [-0.39, 0.29) is 23.8 Å². The minimum atomic E-state index is -1.28. The maximum atomic E-state index is 14.1. The summed E-state index contributed by atoms with van der Waals surface area (Å²) >= 11 is 0. The van der Waals surface area contributed by atoms with Gasteiger partial charge in [-0.3, -0.25) is 14.4 Å². The van der Waals surface area contributed by atoms with Crippen LogP contribution in [0.4, 0.5) is 8.78 Å². The molecule has 2 amide bonds. The van der Waals surface area contributed by atoms with Gasteiger partial charge in [-0.15, -0.1) is 0 Å². The molecule has 2 bridgehead atoms. The average molecular weight is 461 g/mol. The minimum absolute atomic E-state index is 0.142. The Labute approximate surface area is 188 Å². The number of nitrogens with one attached hydrogen (secondary N) is 1. The SMILES string of the molecule is Cc1cc(F)c(CNC(=O)c2cn3c(c(O)c2=O)C(=O)N2C[C@@H]3[C@@](C)(O)CC[C@@H]2C)c(F)c1. The first-order valence-electron chi connectivity index (χ1n) is 10.7. The number of aliphatic hydroxyl groups is 1. The third-order valence-corrected chi connectivity index (χ3v) is 6.65. The summed E-state index contributed by atoms with van der Waals surface area (Å²) in [6.45, 7) is 4.57. The molecule has 4 rings (SSSR count). The van der Waals surface area contributed by atoms with E-state index in [2.05, 4.69) is 5.32 Å². The molecule has 1 fully saturated rings. The molecule has 3 atom stereocenters. The quantitative estimate of drug-likeness (QED) is 0.648. The molecule has 1 aromatic carbocycles. The second-order valence-corrected chi connectivity index (χ2v) is 9.08. The predicted molar refractivity (Wildman–Crippen MR) is 114 cm³/mol. The molecule has 1 saturated heterocycles. The van der Waals surface area contributed by atoms with Crippen molar-refractivity contribution in [2.75, 3.05) is 6.54 Å². The summed E-state index contributed by atoms with van der Waals surface area (Å²) in [4.78, 5) is 40.0. The first kappa shape index (κ1) is 22.9. The molecule has 1 aromatic heterocycles. The summed E-state index contributed by atoms with van der Waals surface area (Å²) in [6.07, 6.45) is 2.01. The first-order chi connectivity index (χ1) is 15.4. The molecule has 0 radical (unpaired) electrons. The fourth-order valence-electron chi connectivity index (χ4n) is 4.59. The van der Waals surface area contributed by atoms with Crippen LogP contribution in [0.2, 0.25) is 0 Å². The molecule has 2 aliphatic heterocycles. The fourth-order valence-corrected chi connectivity index (χ4v) is 4.59. The van der Waals surface area contributed by atoms with Crippen LogP contribution in [0, 0.1) is 18.6 Å². The van der Waals surface area contributed by atoms with Gasteiger partial charge in [0.15, 0.2) is 11.4 Å². The molecule has 0 aliphatic carbocycles. The summed E-state index contributed by atoms with van der Waals surface area (Å²) in [6, 6.07) is 1.33. The second-order valence-electron chi connectivity index (χ2n) is 9.08. The zero-order valence-electron chi connectivity index (χ0n) is 18.5. The van der Waals surface area contributed by atoms with Gasteiger partial charge in [0, 0.05) is 30.9 Å². The number of aromatic hydroxyl groups is 1. The third kappa shape index (κ3) is 3.78. The van der Waals surface area contributed by atoms with Crippen molar-refractivity contribution >= 4 is 11.8 Å². The minimum Gasteiger partial charge on any atom is -0.503 e. The average Bonchev–Trinajstić information content (AvgIpc) is 2.83. The number of fused-ring (bicyclic) bond motifs is 4. The number of amides is 2. The van der Waals surface area contributed by atoms with E-state index in [9.17, 15) is 33.4 Å². The molecule has 3 heterocycles. The van der Waals surface area contributed by atoms with Crippen molar-refractivity contribution in [1.82, 2.24) is 14.8 Å². The van der Waals surface area contributed by atoms with Crippen molar-refractivity contribution in [3.8, 4) is 5.75 Å². The van der Waals surface area contributed by atoms with Crippen LogP contribution >= 0.6 is 0 Å². The molecule has 2 aromatic rings. The number of carbonyl (C=O) groups is 2. The summed E-state index contributed by atoms with van der Waals surface area (Å²) in [5, 5.41) is 23.9. The first-order valence-corrected chi connectivity index (χ1v) is 10.7. The Morgan fingerprint density at radius 1 is 1.27 bits per heavy atom. The van der Waals surface area contributed by atoms with Crippen molar-refractivity contribution in [2.24, 2.45) is 0 Å². The number of nitrogens with zero attached hydrogens (tertiary/aromatic N) is 2. The normalized spacial score (nSPS) is 24.3. The van der Waals surface area contributed by atoms with Gasteiger partial charge < -0.3 is 25.0 Å². The van der Waals surface area contributed by atoms with Gasteiger partial charge in [-0.2, -0.15) is 0 Å². The lowest BCUT2D eigenvalue weighted by Crippen LogP contribution is -2.51. The Morgan fingerprint density at radius 2 is 1.91 bits per heavy atom. The Kier molecular flexibility index (Phi) is 5.52. The highest BCUT2D eigenvalue weighted by Gasteiger charge is 2.46. The van der Waals surface area contributed by atoms with Crippen molar-refractivity contribution in [1.29, 1.82) is 0 Å². The van der Waals surface area contributed by atoms with Crippen LogP contribution < -0.4 is 10.7 Å². The van der Waals surface area contributed by atoms with Crippen LogP contribution in [0.3, 0.4) is 0 Å². The Balaban J connectivity index is 1.73. The summed E-state index contributed by atoms with van der Waals surface area (Å²) in [5.74, 6) is -4.12. The van der Waals surface area contributed by atoms with E-state index in [1.165, 1.54) is 16.4 Å². The fraction of sp³-hybridized carbons (Fsp3) is 0.435. The number of aromatic nitrogens is 1. The van der Waals surface area contributed by atoms with Crippen molar-refractivity contribution < 1.29 is 28.6 Å². The van der Waals surface area contributed by atoms with Crippen LogP contribution in [0.1, 0.15) is 64.7 Å². The second kappa shape index (κ2) is 7.95. The highest BCUT2D eigenvalue weighted by molar-refractivity contribution is 5.99. The predicted octanol–water partition coefficient (Wildman–Crippen LogP) is 2.00. The standard InChI is InChI=1S/C23H25F2N3O5/c1-11-6-15(24)13(16(25)7-11)8-26-21(31)14-9-28-17-10-27(12(2)4-5-23(17,3)33)22(32)18(28)20(30)19(14)29/h6-7,9,12,17,30,33H,4-5,8,10H2,1-3H3,(H,26,31)/t12-,17+,23-/m0/s1. The number of pyridine rings is 1. The maximum absolute atomic E-state index is 14.1. The number of hydrogen-bond acceptors (Lipinski definition) is 5. The lowest BCUT2D eigenvalue weighted by molar-refractivity contribution is -0.00840. The van der Waals surface area contributed by atoms with Crippen LogP contribution in [0.25, 0.3) is 0 Å². The van der Waals surface area contributed by atoms with Crippen molar-refractivity contribution in [2.45, 2.75) is 57.8 Å². The Hall–Kier alpha value is -3.27. The van der Waals surface area contributed by atoms with Gasteiger partial charge in [0.05, 0.1) is 11.6 Å². The molecular weight excluding hydrogens is 436 g/mol. The highest BCUT2D eigenvalue weighted by atomic mass is 19.1. The van der Waals surface area contributed by atoms with Gasteiger partial charge in [0.2, 0.25) is 5.43 Å².